The predicted molar refractivity (Wildman–Crippen MR) is 98.0 cm³/mol. The fraction of sp³-hybridized carbons (Fsp3) is 0.150. The van der Waals surface area contributed by atoms with Gasteiger partial charge in [-0.3, -0.25) is 5.32 Å². The number of amides is 1. The molecule has 0 fully saturated rings. The highest BCUT2D eigenvalue weighted by Crippen LogP contribution is 2.29. The van der Waals surface area contributed by atoms with E-state index in [1.165, 1.54) is 18.2 Å². The Morgan fingerprint density at radius 1 is 1.15 bits per heavy atom. The van der Waals surface area contributed by atoms with E-state index in [-0.39, 0.29) is 5.75 Å². The molecule has 0 heterocycles. The van der Waals surface area contributed by atoms with Crippen molar-refractivity contribution in [2.45, 2.75) is 13.0 Å². The first kappa shape index (κ1) is 19.5. The van der Waals surface area contributed by atoms with E-state index in [4.69, 9.17) is 15.1 Å². The molecule has 0 bridgehead atoms. The number of rotatable bonds is 6. The second-order valence-electron chi connectivity index (χ2n) is 5.79. The predicted octanol–water partition coefficient (Wildman–Crippen LogP) is 3.83. The van der Waals surface area contributed by atoms with Crippen LogP contribution in [0, 0.1) is 17.2 Å². The molecule has 0 aliphatic rings. The summed E-state index contributed by atoms with van der Waals surface area (Å²) in [4.78, 5) is 23.0. The van der Waals surface area contributed by atoms with Crippen molar-refractivity contribution in [3.8, 4) is 11.8 Å². The molecule has 0 aliphatic carbocycles. The second-order valence-corrected chi connectivity index (χ2v) is 5.79. The van der Waals surface area contributed by atoms with Crippen molar-refractivity contribution in [2.75, 3.05) is 5.32 Å². The summed E-state index contributed by atoms with van der Waals surface area (Å²) in [6.45, 7) is 1.71. The van der Waals surface area contributed by atoms with Crippen molar-refractivity contribution >= 4 is 17.7 Å². The van der Waals surface area contributed by atoms with E-state index in [2.05, 4.69) is 5.32 Å². The fourth-order valence-corrected chi connectivity index (χ4v) is 2.37. The lowest BCUT2D eigenvalue weighted by Crippen LogP contribution is -2.21. The zero-order valence-corrected chi connectivity index (χ0v) is 14.5. The highest BCUT2D eigenvalue weighted by molar-refractivity contribution is 5.85. The van der Waals surface area contributed by atoms with Crippen molar-refractivity contribution in [1.82, 2.24) is 0 Å². The van der Waals surface area contributed by atoms with Crippen LogP contribution in [0.5, 0.6) is 5.75 Å². The fourth-order valence-electron chi connectivity index (χ4n) is 2.37. The van der Waals surface area contributed by atoms with Crippen LogP contribution in [0.2, 0.25) is 0 Å². The molecule has 2 rings (SSSR count). The maximum Gasteiger partial charge on any atom is 0.412 e. The number of carboxylic acids is 1. The summed E-state index contributed by atoms with van der Waals surface area (Å²) < 4.78 is 5.49. The Bertz CT molecular complexity index is 867. The Labute approximate surface area is 156 Å². The smallest absolute Gasteiger partial charge is 0.412 e. The molecule has 0 radical (unpaired) electrons. The lowest BCUT2D eigenvalue weighted by Gasteiger charge is -2.22. The summed E-state index contributed by atoms with van der Waals surface area (Å²) in [5.41, 5.74) is 1.52. The summed E-state index contributed by atoms with van der Waals surface area (Å²) in [5, 5.41) is 29.6. The van der Waals surface area contributed by atoms with Crippen molar-refractivity contribution in [3.05, 3.63) is 71.8 Å². The SMILES string of the molecule is C[C@H](/C=C/C(=O)O)[C@H](OC(=O)Nc1ccc(C#N)cc1)c1ccc(O)cc1. The van der Waals surface area contributed by atoms with Gasteiger partial charge in [0.15, 0.2) is 0 Å². The van der Waals surface area contributed by atoms with E-state index in [1.807, 2.05) is 6.07 Å². The van der Waals surface area contributed by atoms with Crippen LogP contribution in [0.15, 0.2) is 60.7 Å². The molecule has 0 aliphatic heterocycles. The number of aromatic hydroxyl groups is 1. The van der Waals surface area contributed by atoms with Gasteiger partial charge in [0.2, 0.25) is 0 Å². The standard InChI is InChI=1S/C20H18N2O5/c1-13(2-11-18(24)25)19(15-5-9-17(23)10-6-15)27-20(26)22-16-7-3-14(12-21)4-8-16/h2-11,13,19,23H,1H3,(H,22,26)(H,24,25)/b11-2+/t13-,19+/m1/s1. The zero-order chi connectivity index (χ0) is 19.8. The Hall–Kier alpha value is -3.79. The number of aliphatic carboxylic acids is 1. The first-order valence-corrected chi connectivity index (χ1v) is 8.07. The first-order chi connectivity index (χ1) is 12.9. The van der Waals surface area contributed by atoms with Crippen LogP contribution in [0.25, 0.3) is 0 Å². The number of hydrogen-bond donors (Lipinski definition) is 3. The number of phenolic OH excluding ortho intramolecular Hbond substituents is 1. The third kappa shape index (κ3) is 5.90. The van der Waals surface area contributed by atoms with Crippen LogP contribution < -0.4 is 5.32 Å². The van der Waals surface area contributed by atoms with E-state index in [1.54, 1.807) is 43.3 Å². The van der Waals surface area contributed by atoms with Gasteiger partial charge in [-0.25, -0.2) is 9.59 Å². The number of benzene rings is 2. The lowest BCUT2D eigenvalue weighted by atomic mass is 9.96. The quantitative estimate of drug-likeness (QED) is 0.668. The first-order valence-electron chi connectivity index (χ1n) is 8.07. The van der Waals surface area contributed by atoms with Gasteiger partial charge in [-0.15, -0.1) is 0 Å². The van der Waals surface area contributed by atoms with Gasteiger partial charge in [0.1, 0.15) is 11.9 Å². The van der Waals surface area contributed by atoms with Gasteiger partial charge in [0.05, 0.1) is 11.6 Å². The molecule has 2 aromatic carbocycles. The molecule has 7 nitrogen and oxygen atoms in total. The number of nitrogens with zero attached hydrogens (tertiary/aromatic N) is 1. The van der Waals surface area contributed by atoms with Crippen LogP contribution >= 0.6 is 0 Å². The summed E-state index contributed by atoms with van der Waals surface area (Å²) in [6.07, 6.45) is 0.919. The second kappa shape index (κ2) is 9.06. The Kier molecular flexibility index (Phi) is 6.55. The normalized spacial score (nSPS) is 12.7. The molecule has 3 N–H and O–H groups in total. The monoisotopic (exact) mass is 366 g/mol. The average Bonchev–Trinajstić information content (AvgIpc) is 2.65. The van der Waals surface area contributed by atoms with E-state index in [0.717, 1.165) is 6.08 Å². The molecule has 0 aromatic heterocycles. The molecule has 2 atom stereocenters. The van der Waals surface area contributed by atoms with Crippen LogP contribution in [-0.2, 0) is 9.53 Å². The van der Waals surface area contributed by atoms with E-state index in [0.29, 0.717) is 16.8 Å². The molecular formula is C20H18N2O5. The molecule has 138 valence electrons. The number of hydrogen-bond acceptors (Lipinski definition) is 5. The lowest BCUT2D eigenvalue weighted by molar-refractivity contribution is -0.131. The molecule has 0 unspecified atom stereocenters. The maximum atomic E-state index is 12.3. The van der Waals surface area contributed by atoms with E-state index < -0.39 is 24.1 Å². The number of anilines is 1. The Balaban J connectivity index is 2.16. The minimum atomic E-state index is -1.10. The molecule has 1 amide bonds. The number of carboxylic acid groups (broad SMARTS) is 1. The average molecular weight is 366 g/mol. The highest BCUT2D eigenvalue weighted by Gasteiger charge is 2.22. The molecule has 7 heteroatoms. The summed E-state index contributed by atoms with van der Waals surface area (Å²) >= 11 is 0. The third-order valence-corrected chi connectivity index (χ3v) is 3.74. The number of nitriles is 1. The van der Waals surface area contributed by atoms with Gasteiger partial charge in [0, 0.05) is 17.7 Å². The molecule has 0 saturated carbocycles. The largest absolute Gasteiger partial charge is 0.508 e. The van der Waals surface area contributed by atoms with Crippen LogP contribution in [0.4, 0.5) is 10.5 Å². The van der Waals surface area contributed by atoms with Crippen molar-refractivity contribution in [2.24, 2.45) is 5.92 Å². The Morgan fingerprint density at radius 2 is 1.78 bits per heavy atom. The van der Waals surface area contributed by atoms with Crippen molar-refractivity contribution < 1.29 is 24.5 Å². The van der Waals surface area contributed by atoms with Crippen LogP contribution in [0.3, 0.4) is 0 Å². The molecule has 2 aromatic rings. The number of phenols is 1. The summed E-state index contributed by atoms with van der Waals surface area (Å²) in [5.74, 6) is -1.47. The molecule has 0 spiro atoms. The van der Waals surface area contributed by atoms with Gasteiger partial charge >= 0.3 is 12.1 Å². The van der Waals surface area contributed by atoms with Crippen LogP contribution in [-0.4, -0.2) is 22.3 Å². The zero-order valence-electron chi connectivity index (χ0n) is 14.5. The maximum absolute atomic E-state index is 12.3. The van der Waals surface area contributed by atoms with Crippen LogP contribution in [0.1, 0.15) is 24.2 Å². The van der Waals surface area contributed by atoms with Gasteiger partial charge in [0.25, 0.3) is 0 Å². The van der Waals surface area contributed by atoms with Crippen molar-refractivity contribution in [3.63, 3.8) is 0 Å². The molecule has 27 heavy (non-hydrogen) atoms. The van der Waals surface area contributed by atoms with Crippen molar-refractivity contribution in [1.29, 1.82) is 5.26 Å². The number of carbonyl (C=O) groups excluding carboxylic acids is 1. The van der Waals surface area contributed by atoms with E-state index >= 15 is 0 Å². The number of ether oxygens (including phenoxy) is 1. The number of nitrogens with one attached hydrogen (secondary N) is 1. The third-order valence-electron chi connectivity index (χ3n) is 3.74. The van der Waals surface area contributed by atoms with E-state index in [9.17, 15) is 14.7 Å². The Morgan fingerprint density at radius 3 is 2.33 bits per heavy atom. The summed E-state index contributed by atoms with van der Waals surface area (Å²) in [6, 6.07) is 14.4. The topological polar surface area (TPSA) is 120 Å². The molecular weight excluding hydrogens is 348 g/mol. The number of carbonyl (C=O) groups is 2. The highest BCUT2D eigenvalue weighted by atomic mass is 16.6. The van der Waals surface area contributed by atoms with Gasteiger partial charge in [-0.2, -0.15) is 5.26 Å². The molecule has 0 saturated heterocycles. The van der Waals surface area contributed by atoms with Gasteiger partial charge in [-0.1, -0.05) is 25.1 Å². The summed E-state index contributed by atoms with van der Waals surface area (Å²) in [7, 11) is 0. The minimum Gasteiger partial charge on any atom is -0.508 e. The van der Waals surface area contributed by atoms with Gasteiger partial charge < -0.3 is 14.9 Å². The van der Waals surface area contributed by atoms with Gasteiger partial charge in [-0.05, 0) is 42.0 Å². The minimum absolute atomic E-state index is 0.0632.